The number of fused-ring (bicyclic) bond motifs is 2. The molecule has 1 spiro atoms. The monoisotopic (exact) mass is 323 g/mol. The van der Waals surface area contributed by atoms with E-state index in [2.05, 4.69) is 10.6 Å². The fraction of sp³-hybridized carbons (Fsp3) is 0.278. The molecule has 2 heterocycles. The highest BCUT2D eigenvalue weighted by Crippen LogP contribution is 2.49. The molecule has 1 saturated heterocycles. The Morgan fingerprint density at radius 1 is 1.08 bits per heavy atom. The van der Waals surface area contributed by atoms with Gasteiger partial charge in [0.05, 0.1) is 5.92 Å². The Labute approximate surface area is 139 Å². The molecule has 1 fully saturated rings. The number of hydrogen-bond acceptors (Lipinski definition) is 4. The summed E-state index contributed by atoms with van der Waals surface area (Å²) in [7, 11) is 0. The topological polar surface area (TPSA) is 84.3 Å². The summed E-state index contributed by atoms with van der Waals surface area (Å²) < 4.78 is 0. The summed E-state index contributed by atoms with van der Waals surface area (Å²) in [6.45, 7) is 1.90. The number of carbonyl (C=O) groups excluding carboxylic acids is 1. The first kappa shape index (κ1) is 14.8. The number of nitrogens with one attached hydrogen (secondary N) is 2. The highest BCUT2D eigenvalue weighted by molar-refractivity contribution is 6.07. The van der Waals surface area contributed by atoms with Crippen molar-refractivity contribution in [2.75, 3.05) is 5.32 Å². The van der Waals surface area contributed by atoms with Crippen molar-refractivity contribution >= 4 is 11.6 Å². The summed E-state index contributed by atoms with van der Waals surface area (Å²) in [5, 5.41) is 18.1. The van der Waals surface area contributed by atoms with E-state index in [1.807, 2.05) is 43.3 Å². The van der Waals surface area contributed by atoms with Crippen LogP contribution in [0, 0.1) is 10.1 Å². The quantitative estimate of drug-likeness (QED) is 0.656. The van der Waals surface area contributed by atoms with Crippen LogP contribution in [0.4, 0.5) is 5.69 Å². The molecular formula is C18H17N3O3. The van der Waals surface area contributed by atoms with Crippen LogP contribution in [0.2, 0.25) is 0 Å². The molecule has 2 aromatic carbocycles. The van der Waals surface area contributed by atoms with Gasteiger partial charge in [-0.1, -0.05) is 48.5 Å². The number of amides is 1. The predicted octanol–water partition coefficient (Wildman–Crippen LogP) is 2.25. The number of anilines is 1. The van der Waals surface area contributed by atoms with Crippen LogP contribution < -0.4 is 10.6 Å². The molecule has 0 aromatic heterocycles. The fourth-order valence-electron chi connectivity index (χ4n) is 4.23. The summed E-state index contributed by atoms with van der Waals surface area (Å²) >= 11 is 0. The molecule has 6 nitrogen and oxygen atoms in total. The molecule has 4 rings (SSSR count). The van der Waals surface area contributed by atoms with Crippen molar-refractivity contribution in [2.45, 2.75) is 30.5 Å². The van der Waals surface area contributed by atoms with Crippen molar-refractivity contribution in [1.29, 1.82) is 0 Å². The van der Waals surface area contributed by atoms with Gasteiger partial charge in [-0.05, 0) is 18.6 Å². The molecule has 2 N–H and O–H groups in total. The minimum Gasteiger partial charge on any atom is -0.324 e. The second kappa shape index (κ2) is 5.14. The molecule has 2 aliphatic heterocycles. The molecule has 122 valence electrons. The van der Waals surface area contributed by atoms with Gasteiger partial charge in [-0.2, -0.15) is 0 Å². The van der Waals surface area contributed by atoms with Gasteiger partial charge in [0.1, 0.15) is 0 Å². The predicted molar refractivity (Wildman–Crippen MR) is 89.3 cm³/mol. The van der Waals surface area contributed by atoms with E-state index in [-0.39, 0.29) is 16.9 Å². The van der Waals surface area contributed by atoms with Crippen molar-refractivity contribution in [2.24, 2.45) is 0 Å². The summed E-state index contributed by atoms with van der Waals surface area (Å²) in [5.74, 6) is -0.742. The van der Waals surface area contributed by atoms with Gasteiger partial charge in [0.15, 0.2) is 5.54 Å². The van der Waals surface area contributed by atoms with Crippen LogP contribution in [0.15, 0.2) is 54.6 Å². The van der Waals surface area contributed by atoms with Crippen LogP contribution in [0.1, 0.15) is 24.0 Å². The fourth-order valence-corrected chi connectivity index (χ4v) is 4.23. The molecule has 0 unspecified atom stereocenters. The Hall–Kier alpha value is -2.73. The average molecular weight is 323 g/mol. The maximum absolute atomic E-state index is 12.8. The van der Waals surface area contributed by atoms with E-state index in [1.165, 1.54) is 0 Å². The Morgan fingerprint density at radius 2 is 1.75 bits per heavy atom. The smallest absolute Gasteiger partial charge is 0.256 e. The van der Waals surface area contributed by atoms with E-state index in [9.17, 15) is 14.9 Å². The molecule has 2 aliphatic rings. The zero-order valence-corrected chi connectivity index (χ0v) is 13.1. The number of rotatable bonds is 2. The molecule has 6 heteroatoms. The highest BCUT2D eigenvalue weighted by atomic mass is 16.6. The Morgan fingerprint density at radius 3 is 2.46 bits per heavy atom. The molecule has 0 radical (unpaired) electrons. The number of nitrogens with zero attached hydrogens (tertiary/aromatic N) is 1. The number of nitro groups is 1. The number of para-hydroxylation sites is 1. The number of benzene rings is 2. The SMILES string of the molecule is C[C@@H]1N[C@]2(C(=O)Nc3ccccc32)[C@@H]([N+](=O)[O-])[C@H]1c1ccccc1. The lowest BCUT2D eigenvalue weighted by Gasteiger charge is -2.25. The largest absolute Gasteiger partial charge is 0.324 e. The second-order valence-electron chi connectivity index (χ2n) is 6.41. The highest BCUT2D eigenvalue weighted by Gasteiger charge is 2.67. The van der Waals surface area contributed by atoms with Gasteiger partial charge < -0.3 is 5.32 Å². The Balaban J connectivity index is 1.91. The van der Waals surface area contributed by atoms with E-state index in [0.29, 0.717) is 11.3 Å². The van der Waals surface area contributed by atoms with Crippen LogP contribution in [-0.2, 0) is 10.3 Å². The van der Waals surface area contributed by atoms with Crippen LogP contribution in [0.5, 0.6) is 0 Å². The summed E-state index contributed by atoms with van der Waals surface area (Å²) in [6.07, 6.45) is 0. The van der Waals surface area contributed by atoms with Crippen molar-refractivity contribution in [3.8, 4) is 0 Å². The lowest BCUT2D eigenvalue weighted by molar-refractivity contribution is -0.532. The maximum Gasteiger partial charge on any atom is 0.256 e. The summed E-state index contributed by atoms with van der Waals surface area (Å²) in [5.41, 5.74) is 0.831. The normalized spacial score (nSPS) is 31.0. The lowest BCUT2D eigenvalue weighted by atomic mass is 9.78. The zero-order valence-electron chi connectivity index (χ0n) is 13.1. The summed E-state index contributed by atoms with van der Waals surface area (Å²) in [6, 6.07) is 15.3. The van der Waals surface area contributed by atoms with Gasteiger partial charge >= 0.3 is 0 Å². The third-order valence-corrected chi connectivity index (χ3v) is 5.15. The first-order valence-corrected chi connectivity index (χ1v) is 7.93. The minimum atomic E-state index is -1.33. The third kappa shape index (κ3) is 1.83. The zero-order chi connectivity index (χ0) is 16.9. The Bertz CT molecular complexity index is 823. The molecule has 24 heavy (non-hydrogen) atoms. The molecular weight excluding hydrogens is 306 g/mol. The third-order valence-electron chi connectivity index (χ3n) is 5.15. The van der Waals surface area contributed by atoms with Crippen LogP contribution in [0.25, 0.3) is 0 Å². The molecule has 4 atom stereocenters. The second-order valence-corrected chi connectivity index (χ2v) is 6.41. The summed E-state index contributed by atoms with van der Waals surface area (Å²) in [4.78, 5) is 24.5. The van der Waals surface area contributed by atoms with Gasteiger partial charge in [-0.3, -0.25) is 20.2 Å². The Kier molecular flexibility index (Phi) is 3.18. The first-order valence-electron chi connectivity index (χ1n) is 7.93. The molecule has 2 aromatic rings. The maximum atomic E-state index is 12.8. The van der Waals surface area contributed by atoms with Crippen LogP contribution in [0.3, 0.4) is 0 Å². The molecule has 0 saturated carbocycles. The number of carbonyl (C=O) groups is 1. The van der Waals surface area contributed by atoms with E-state index in [1.54, 1.807) is 18.2 Å². The van der Waals surface area contributed by atoms with Gasteiger partial charge in [-0.15, -0.1) is 0 Å². The van der Waals surface area contributed by atoms with Gasteiger partial charge in [0.25, 0.3) is 11.9 Å². The molecule has 0 bridgehead atoms. The van der Waals surface area contributed by atoms with E-state index < -0.39 is 17.5 Å². The van der Waals surface area contributed by atoms with Gasteiger partial charge in [-0.25, -0.2) is 0 Å². The minimum absolute atomic E-state index is 0.209. The van der Waals surface area contributed by atoms with Crippen molar-refractivity contribution in [3.05, 3.63) is 75.8 Å². The first-order chi connectivity index (χ1) is 11.6. The standard InChI is InChI=1S/C18H17N3O3/c1-11-15(12-7-3-2-4-8-12)16(21(23)24)18(20-11)13-9-5-6-10-14(13)19-17(18)22/h2-11,15-16,20H,1H3,(H,19,22)/t11-,15+,16-,18-/m0/s1. The van der Waals surface area contributed by atoms with Crippen LogP contribution in [-0.4, -0.2) is 22.9 Å². The lowest BCUT2D eigenvalue weighted by Crippen LogP contribution is -2.54. The van der Waals surface area contributed by atoms with Gasteiger partial charge in [0.2, 0.25) is 0 Å². The average Bonchev–Trinajstić information content (AvgIpc) is 3.04. The molecule has 0 aliphatic carbocycles. The van der Waals surface area contributed by atoms with Crippen molar-refractivity contribution < 1.29 is 9.72 Å². The molecule has 1 amide bonds. The van der Waals surface area contributed by atoms with Crippen molar-refractivity contribution in [3.63, 3.8) is 0 Å². The van der Waals surface area contributed by atoms with E-state index >= 15 is 0 Å². The van der Waals surface area contributed by atoms with Crippen LogP contribution >= 0.6 is 0 Å². The van der Waals surface area contributed by atoms with E-state index in [0.717, 1.165) is 5.56 Å². The van der Waals surface area contributed by atoms with Crippen molar-refractivity contribution in [1.82, 2.24) is 5.32 Å². The van der Waals surface area contributed by atoms with E-state index in [4.69, 9.17) is 0 Å². The van der Waals surface area contributed by atoms with Gasteiger partial charge in [0, 0.05) is 22.2 Å². The number of hydrogen-bond donors (Lipinski definition) is 2.